The number of thiophene rings is 2. The molecule has 0 atom stereocenters. The van der Waals surface area contributed by atoms with Crippen molar-refractivity contribution < 1.29 is 14.0 Å². The molecule has 0 saturated heterocycles. The quantitative estimate of drug-likeness (QED) is 0.421. The number of rotatable bonds is 8. The minimum atomic E-state index is -0.362. The molecule has 4 heterocycles. The van der Waals surface area contributed by atoms with E-state index >= 15 is 0 Å². The predicted molar refractivity (Wildman–Crippen MR) is 115 cm³/mol. The molecule has 9 heteroatoms. The Balaban J connectivity index is 1.41. The Labute approximate surface area is 179 Å². The third kappa shape index (κ3) is 5.20. The fourth-order valence-corrected chi connectivity index (χ4v) is 4.84. The summed E-state index contributed by atoms with van der Waals surface area (Å²) in [4.78, 5) is 33.5. The summed E-state index contributed by atoms with van der Waals surface area (Å²) in [6.07, 6.45) is 1.63. The van der Waals surface area contributed by atoms with Crippen molar-refractivity contribution in [3.63, 3.8) is 0 Å². The number of nitrogens with zero attached hydrogens (tertiary/aromatic N) is 2. The molecule has 0 bridgehead atoms. The molecule has 0 radical (unpaired) electrons. The van der Waals surface area contributed by atoms with E-state index in [4.69, 9.17) is 4.42 Å². The third-order valence-corrected chi connectivity index (χ3v) is 6.58. The van der Waals surface area contributed by atoms with E-state index in [1.165, 1.54) is 17.6 Å². The molecule has 4 aromatic rings. The van der Waals surface area contributed by atoms with Crippen molar-refractivity contribution in [2.75, 3.05) is 5.32 Å². The van der Waals surface area contributed by atoms with E-state index in [2.05, 4.69) is 10.3 Å². The van der Waals surface area contributed by atoms with Gasteiger partial charge in [0.2, 0.25) is 5.91 Å². The molecule has 0 unspecified atom stereocenters. The van der Waals surface area contributed by atoms with Crippen molar-refractivity contribution in [2.45, 2.75) is 19.5 Å². The molecular weight excluding hydrogens is 426 g/mol. The van der Waals surface area contributed by atoms with Crippen LogP contribution in [-0.4, -0.2) is 21.7 Å². The van der Waals surface area contributed by atoms with E-state index in [1.807, 2.05) is 39.9 Å². The third-order valence-electron chi connectivity index (χ3n) is 4.06. The van der Waals surface area contributed by atoms with E-state index in [9.17, 15) is 9.59 Å². The van der Waals surface area contributed by atoms with E-state index < -0.39 is 0 Å². The summed E-state index contributed by atoms with van der Waals surface area (Å²) in [6.45, 7) is 1.14. The summed E-state index contributed by atoms with van der Waals surface area (Å²) in [5, 5.41) is 8.95. The number of nitrogens with one attached hydrogen (secondary N) is 1. The highest BCUT2D eigenvalue weighted by molar-refractivity contribution is 7.14. The number of aromatic nitrogens is 1. The van der Waals surface area contributed by atoms with Crippen LogP contribution in [0.1, 0.15) is 26.0 Å². The number of hydrogen-bond acceptors (Lipinski definition) is 7. The maximum Gasteiger partial charge on any atom is 0.293 e. The average molecular weight is 444 g/mol. The van der Waals surface area contributed by atoms with E-state index in [0.717, 1.165) is 9.75 Å². The lowest BCUT2D eigenvalue weighted by atomic mass is 10.2. The molecule has 0 aromatic carbocycles. The number of furan rings is 1. The lowest BCUT2D eigenvalue weighted by Crippen LogP contribution is -2.31. The van der Waals surface area contributed by atoms with E-state index in [0.29, 0.717) is 23.9 Å². The number of carbonyl (C=O) groups excluding carboxylic acids is 2. The van der Waals surface area contributed by atoms with Gasteiger partial charge in [-0.25, -0.2) is 4.98 Å². The summed E-state index contributed by atoms with van der Waals surface area (Å²) in [5.41, 5.74) is 0.636. The number of thiazole rings is 1. The highest BCUT2D eigenvalue weighted by Gasteiger charge is 2.18. The van der Waals surface area contributed by atoms with Crippen LogP contribution in [-0.2, 0) is 24.3 Å². The van der Waals surface area contributed by atoms with Crippen LogP contribution in [0, 0.1) is 0 Å². The normalized spacial score (nSPS) is 10.8. The minimum absolute atomic E-state index is 0.000936. The Kier molecular flexibility index (Phi) is 6.18. The Morgan fingerprint density at radius 1 is 1.00 bits per heavy atom. The van der Waals surface area contributed by atoms with Gasteiger partial charge in [0.1, 0.15) is 0 Å². The highest BCUT2D eigenvalue weighted by atomic mass is 32.1. The van der Waals surface area contributed by atoms with Crippen LogP contribution in [0.5, 0.6) is 0 Å². The molecule has 148 valence electrons. The van der Waals surface area contributed by atoms with Crippen LogP contribution < -0.4 is 5.32 Å². The first-order valence-corrected chi connectivity index (χ1v) is 11.4. The number of amides is 2. The molecule has 0 aliphatic carbocycles. The summed E-state index contributed by atoms with van der Waals surface area (Å²) in [7, 11) is 0. The molecule has 4 rings (SSSR count). The summed E-state index contributed by atoms with van der Waals surface area (Å²) >= 11 is 4.56. The van der Waals surface area contributed by atoms with Gasteiger partial charge in [0.25, 0.3) is 5.91 Å². The molecule has 0 aliphatic heterocycles. The number of carbonyl (C=O) groups is 2. The summed E-state index contributed by atoms with van der Waals surface area (Å²) in [5.74, 6) is -0.142. The SMILES string of the molecule is O=C(Nc1nc(CC(=O)N(Cc2cccs2)Cc2cccs2)cs1)c1ccco1. The first kappa shape index (κ1) is 19.6. The van der Waals surface area contributed by atoms with Crippen LogP contribution in [0.4, 0.5) is 5.13 Å². The monoisotopic (exact) mass is 443 g/mol. The molecule has 6 nitrogen and oxygen atoms in total. The van der Waals surface area contributed by atoms with Gasteiger partial charge in [0.05, 0.1) is 31.5 Å². The van der Waals surface area contributed by atoms with E-state index in [-0.39, 0.29) is 24.0 Å². The molecule has 0 fully saturated rings. The number of anilines is 1. The molecular formula is C20H17N3O3S3. The molecule has 29 heavy (non-hydrogen) atoms. The van der Waals surface area contributed by atoms with Gasteiger partial charge < -0.3 is 9.32 Å². The molecule has 4 aromatic heterocycles. The average Bonchev–Trinajstić information content (AvgIpc) is 3.50. The minimum Gasteiger partial charge on any atom is -0.459 e. The van der Waals surface area contributed by atoms with Crippen LogP contribution in [0.2, 0.25) is 0 Å². The van der Waals surface area contributed by atoms with Crippen LogP contribution in [0.3, 0.4) is 0 Å². The van der Waals surface area contributed by atoms with Gasteiger partial charge in [-0.2, -0.15) is 0 Å². The van der Waals surface area contributed by atoms with Crippen molar-refractivity contribution >= 4 is 51.0 Å². The van der Waals surface area contributed by atoms with Gasteiger partial charge in [-0.05, 0) is 35.0 Å². The smallest absolute Gasteiger partial charge is 0.293 e. The summed E-state index contributed by atoms with van der Waals surface area (Å²) in [6, 6.07) is 11.3. The first-order valence-electron chi connectivity index (χ1n) is 8.79. The molecule has 0 spiro atoms. The second-order valence-electron chi connectivity index (χ2n) is 6.16. The van der Waals surface area contributed by atoms with Crippen molar-refractivity contribution in [1.29, 1.82) is 0 Å². The van der Waals surface area contributed by atoms with Gasteiger partial charge in [-0.1, -0.05) is 12.1 Å². The molecule has 2 amide bonds. The van der Waals surface area contributed by atoms with Gasteiger partial charge in [-0.3, -0.25) is 14.9 Å². The van der Waals surface area contributed by atoms with Gasteiger partial charge in [-0.15, -0.1) is 34.0 Å². The van der Waals surface area contributed by atoms with Gasteiger partial charge in [0, 0.05) is 15.1 Å². The Morgan fingerprint density at radius 3 is 2.31 bits per heavy atom. The highest BCUT2D eigenvalue weighted by Crippen LogP contribution is 2.21. The van der Waals surface area contributed by atoms with Crippen molar-refractivity contribution in [3.8, 4) is 0 Å². The predicted octanol–water partition coefficient (Wildman–Crippen LogP) is 4.88. The fourth-order valence-electron chi connectivity index (χ4n) is 2.69. The van der Waals surface area contributed by atoms with Crippen molar-refractivity contribution in [3.05, 3.63) is 80.0 Å². The van der Waals surface area contributed by atoms with Crippen molar-refractivity contribution in [1.82, 2.24) is 9.88 Å². The molecule has 1 N–H and O–H groups in total. The van der Waals surface area contributed by atoms with Crippen LogP contribution >= 0.6 is 34.0 Å². The first-order chi connectivity index (χ1) is 14.2. The topological polar surface area (TPSA) is 75.4 Å². The maximum absolute atomic E-state index is 13.0. The van der Waals surface area contributed by atoms with E-state index in [1.54, 1.807) is 40.2 Å². The van der Waals surface area contributed by atoms with Gasteiger partial charge in [0.15, 0.2) is 10.9 Å². The summed E-state index contributed by atoms with van der Waals surface area (Å²) < 4.78 is 5.08. The van der Waals surface area contributed by atoms with Crippen molar-refractivity contribution in [2.24, 2.45) is 0 Å². The second-order valence-corrected chi connectivity index (χ2v) is 9.08. The number of hydrogen-bond donors (Lipinski definition) is 1. The zero-order valence-electron chi connectivity index (χ0n) is 15.2. The Bertz CT molecular complexity index is 1020. The maximum atomic E-state index is 13.0. The van der Waals surface area contributed by atoms with Crippen LogP contribution in [0.25, 0.3) is 0 Å². The zero-order chi connectivity index (χ0) is 20.1. The lowest BCUT2D eigenvalue weighted by Gasteiger charge is -2.21. The molecule has 0 aliphatic rings. The lowest BCUT2D eigenvalue weighted by molar-refractivity contribution is -0.131. The zero-order valence-corrected chi connectivity index (χ0v) is 17.7. The standard InChI is InChI=1S/C20H17N3O3S3/c24-18(23(11-15-4-2-8-27-15)12-16-5-3-9-28-16)10-14-13-29-20(21-14)22-19(25)17-6-1-7-26-17/h1-9,13H,10-12H2,(H,21,22,25). The largest absolute Gasteiger partial charge is 0.459 e. The fraction of sp³-hybridized carbons (Fsp3) is 0.150. The Morgan fingerprint density at radius 2 is 1.72 bits per heavy atom. The van der Waals surface area contributed by atoms with Crippen LogP contribution in [0.15, 0.2) is 63.2 Å². The second kappa shape index (κ2) is 9.17. The van der Waals surface area contributed by atoms with Gasteiger partial charge >= 0.3 is 0 Å². The Hall–Kier alpha value is -2.75. The molecule has 0 saturated carbocycles.